The van der Waals surface area contributed by atoms with Gasteiger partial charge in [-0.05, 0) is 20.3 Å². The highest BCUT2D eigenvalue weighted by Crippen LogP contribution is 2.29. The quantitative estimate of drug-likeness (QED) is 0.590. The van der Waals surface area contributed by atoms with Gasteiger partial charge in [0, 0.05) is 5.38 Å². The maximum Gasteiger partial charge on any atom is 0.246 e. The second-order valence-electron chi connectivity index (χ2n) is 6.12. The number of rotatable bonds is 5. The highest BCUT2D eigenvalue weighted by molar-refractivity contribution is 7.91. The fourth-order valence-corrected chi connectivity index (χ4v) is 5.42. The zero-order chi connectivity index (χ0) is 18.9. The number of aryl methyl sites for hydroxylation is 2. The maximum absolute atomic E-state index is 11.9. The van der Waals surface area contributed by atoms with Crippen LogP contribution < -0.4 is 5.43 Å². The van der Waals surface area contributed by atoms with Crippen LogP contribution in [0.3, 0.4) is 0 Å². The van der Waals surface area contributed by atoms with Crippen molar-refractivity contribution in [2.75, 3.05) is 11.5 Å². The topological polar surface area (TPSA) is 106 Å². The van der Waals surface area contributed by atoms with E-state index in [-0.39, 0.29) is 29.9 Å². The highest BCUT2D eigenvalue weighted by atomic mass is 35.5. The number of carbonyl (C=O) groups is 1. The van der Waals surface area contributed by atoms with E-state index in [1.165, 1.54) is 22.2 Å². The van der Waals surface area contributed by atoms with E-state index in [0.717, 1.165) is 5.01 Å². The van der Waals surface area contributed by atoms with Crippen molar-refractivity contribution in [1.29, 1.82) is 0 Å². The lowest BCUT2D eigenvalue weighted by molar-refractivity contribution is -0.120. The van der Waals surface area contributed by atoms with E-state index < -0.39 is 9.84 Å². The number of hydrazone groups is 1. The van der Waals surface area contributed by atoms with Crippen molar-refractivity contribution in [2.24, 2.45) is 5.10 Å². The minimum Gasteiger partial charge on any atom is -0.273 e. The fraction of sp³-hybridized carbons (Fsp3) is 0.467. The highest BCUT2D eigenvalue weighted by Gasteiger charge is 2.31. The Balaban J connectivity index is 1.66. The molecule has 140 valence electrons. The predicted molar refractivity (Wildman–Crippen MR) is 101 cm³/mol. The minimum absolute atomic E-state index is 0.0359. The van der Waals surface area contributed by atoms with E-state index in [1.54, 1.807) is 6.92 Å². The van der Waals surface area contributed by atoms with Gasteiger partial charge in [0.25, 0.3) is 0 Å². The third kappa shape index (κ3) is 4.30. The standard InChI is InChI=1S/C15H18ClN5O3S2/c1-9-13(6-17-19-14(22)5-11-7-25-10(2)18-11)15(16)21(20-9)12-3-4-26(23,24)8-12/h6-7,12H,3-5,8H2,1-2H3,(H,19,22)/b17-6-/t12-/m0/s1. The van der Waals surface area contributed by atoms with Gasteiger partial charge in [-0.1, -0.05) is 11.6 Å². The van der Waals surface area contributed by atoms with Gasteiger partial charge in [-0.25, -0.2) is 23.5 Å². The summed E-state index contributed by atoms with van der Waals surface area (Å²) in [5.41, 5.74) is 4.31. The molecule has 1 fully saturated rings. The first kappa shape index (κ1) is 19.0. The lowest BCUT2D eigenvalue weighted by Crippen LogP contribution is -2.20. The number of sulfone groups is 1. The molecule has 26 heavy (non-hydrogen) atoms. The van der Waals surface area contributed by atoms with E-state index in [2.05, 4.69) is 20.6 Å². The average Bonchev–Trinajstić information content (AvgIpc) is 3.20. The number of halogens is 1. The number of carbonyl (C=O) groups excluding carboxylic acids is 1. The van der Waals surface area contributed by atoms with Crippen molar-refractivity contribution >= 4 is 44.9 Å². The van der Waals surface area contributed by atoms with Crippen LogP contribution in [0.2, 0.25) is 5.15 Å². The predicted octanol–water partition coefficient (Wildman–Crippen LogP) is 1.66. The molecule has 2 aromatic heterocycles. The Bertz CT molecular complexity index is 964. The summed E-state index contributed by atoms with van der Waals surface area (Å²) in [5.74, 6) is -0.105. The molecule has 0 bridgehead atoms. The van der Waals surface area contributed by atoms with E-state index in [4.69, 9.17) is 11.6 Å². The largest absolute Gasteiger partial charge is 0.273 e. The Labute approximate surface area is 160 Å². The Kier molecular flexibility index (Phi) is 5.44. The summed E-state index contributed by atoms with van der Waals surface area (Å²) in [7, 11) is -3.04. The molecule has 8 nitrogen and oxygen atoms in total. The van der Waals surface area contributed by atoms with Crippen LogP contribution in [0.4, 0.5) is 0 Å². The van der Waals surface area contributed by atoms with Crippen molar-refractivity contribution in [1.82, 2.24) is 20.2 Å². The zero-order valence-corrected chi connectivity index (χ0v) is 16.7. The number of amides is 1. The summed E-state index contributed by atoms with van der Waals surface area (Å²) in [6, 6.07) is -0.268. The monoisotopic (exact) mass is 415 g/mol. The first-order valence-corrected chi connectivity index (χ1v) is 11.0. The summed E-state index contributed by atoms with van der Waals surface area (Å²) < 4.78 is 24.8. The van der Waals surface area contributed by atoms with Crippen LogP contribution >= 0.6 is 22.9 Å². The van der Waals surface area contributed by atoms with Crippen LogP contribution in [0.15, 0.2) is 10.5 Å². The zero-order valence-electron chi connectivity index (χ0n) is 14.3. The van der Waals surface area contributed by atoms with Crippen LogP contribution in [-0.4, -0.2) is 46.8 Å². The molecule has 0 spiro atoms. The first-order chi connectivity index (χ1) is 12.2. The molecule has 0 aromatic carbocycles. The Morgan fingerprint density at radius 1 is 1.54 bits per heavy atom. The second kappa shape index (κ2) is 7.45. The van der Waals surface area contributed by atoms with Gasteiger partial charge in [0.15, 0.2) is 9.84 Å². The number of aromatic nitrogens is 3. The Morgan fingerprint density at radius 2 is 2.31 bits per heavy atom. The lowest BCUT2D eigenvalue weighted by Gasteiger charge is -2.09. The SMILES string of the molecule is Cc1nc(CC(=O)N/N=C\c2c(C)nn([C@H]3CCS(=O)(=O)C3)c2Cl)cs1. The van der Waals surface area contributed by atoms with Crippen LogP contribution in [-0.2, 0) is 21.1 Å². The number of hydrogen-bond donors (Lipinski definition) is 1. The Hall–Kier alpha value is -1.78. The molecule has 0 aliphatic carbocycles. The summed E-state index contributed by atoms with van der Waals surface area (Å²) in [6.07, 6.45) is 2.06. The van der Waals surface area contributed by atoms with Crippen molar-refractivity contribution < 1.29 is 13.2 Å². The van der Waals surface area contributed by atoms with Crippen molar-refractivity contribution in [3.8, 4) is 0 Å². The third-order valence-electron chi connectivity index (χ3n) is 4.02. The van der Waals surface area contributed by atoms with Crippen LogP contribution in [0.5, 0.6) is 0 Å². The van der Waals surface area contributed by atoms with Gasteiger partial charge in [-0.15, -0.1) is 11.3 Å². The van der Waals surface area contributed by atoms with E-state index >= 15 is 0 Å². The van der Waals surface area contributed by atoms with Gasteiger partial charge in [0.1, 0.15) is 5.15 Å². The van der Waals surface area contributed by atoms with Crippen molar-refractivity contribution in [3.63, 3.8) is 0 Å². The normalized spacial score (nSPS) is 19.3. The number of thiazole rings is 1. The molecule has 2 aromatic rings. The molecule has 0 saturated carbocycles. The maximum atomic E-state index is 11.9. The first-order valence-electron chi connectivity index (χ1n) is 7.93. The molecule has 1 amide bonds. The molecule has 3 rings (SSSR count). The van der Waals surface area contributed by atoms with Crippen LogP contribution in [0.25, 0.3) is 0 Å². The summed E-state index contributed by atoms with van der Waals surface area (Å²) in [4.78, 5) is 16.1. The third-order valence-corrected chi connectivity index (χ3v) is 6.97. The number of nitrogens with zero attached hydrogens (tertiary/aromatic N) is 4. The van der Waals surface area contributed by atoms with Gasteiger partial charge in [0.05, 0.1) is 52.1 Å². The molecule has 11 heteroatoms. The summed E-state index contributed by atoms with van der Waals surface area (Å²) >= 11 is 7.83. The second-order valence-corrected chi connectivity index (χ2v) is 9.77. The molecule has 1 atom stereocenters. The molecule has 1 N–H and O–H groups in total. The van der Waals surface area contributed by atoms with E-state index in [0.29, 0.717) is 28.5 Å². The molecule has 0 radical (unpaired) electrons. The number of hydrogen-bond acceptors (Lipinski definition) is 7. The molecular formula is C15H18ClN5O3S2. The average molecular weight is 416 g/mol. The van der Waals surface area contributed by atoms with Gasteiger partial charge < -0.3 is 0 Å². The van der Waals surface area contributed by atoms with Crippen molar-refractivity contribution in [2.45, 2.75) is 32.7 Å². The fourth-order valence-electron chi connectivity index (χ4n) is 2.75. The molecule has 1 aliphatic heterocycles. The molecular weight excluding hydrogens is 398 g/mol. The summed E-state index contributed by atoms with van der Waals surface area (Å²) in [6.45, 7) is 3.63. The van der Waals surface area contributed by atoms with Gasteiger partial charge >= 0.3 is 0 Å². The molecule has 0 unspecified atom stereocenters. The molecule has 1 saturated heterocycles. The van der Waals surface area contributed by atoms with Crippen LogP contribution in [0.1, 0.15) is 34.4 Å². The van der Waals surface area contributed by atoms with Gasteiger partial charge in [-0.2, -0.15) is 10.2 Å². The van der Waals surface area contributed by atoms with Crippen LogP contribution in [0, 0.1) is 13.8 Å². The minimum atomic E-state index is -3.04. The van der Waals surface area contributed by atoms with Crippen molar-refractivity contribution in [3.05, 3.63) is 32.5 Å². The van der Waals surface area contributed by atoms with E-state index in [1.807, 2.05) is 12.3 Å². The summed E-state index contributed by atoms with van der Waals surface area (Å²) in [5, 5.41) is 11.3. The van der Waals surface area contributed by atoms with Gasteiger partial charge in [-0.3, -0.25) is 4.79 Å². The van der Waals surface area contributed by atoms with Gasteiger partial charge in [0.2, 0.25) is 5.91 Å². The number of nitrogens with one attached hydrogen (secondary N) is 1. The lowest BCUT2D eigenvalue weighted by atomic mass is 10.2. The van der Waals surface area contributed by atoms with E-state index in [9.17, 15) is 13.2 Å². The smallest absolute Gasteiger partial charge is 0.246 e. The Morgan fingerprint density at radius 3 is 2.92 bits per heavy atom. The molecule has 3 heterocycles. The molecule has 1 aliphatic rings.